The Morgan fingerprint density at radius 3 is 2.47 bits per heavy atom. The van der Waals surface area contributed by atoms with Crippen LogP contribution in [0.5, 0.6) is 0 Å². The number of carbonyl (C=O) groups is 2. The van der Waals surface area contributed by atoms with Gasteiger partial charge in [-0.15, -0.1) is 10.2 Å². The topological polar surface area (TPSA) is 158 Å². The van der Waals surface area contributed by atoms with E-state index in [0.29, 0.717) is 42.9 Å². The molecule has 192 valence electrons. The molecule has 1 fully saturated rings. The first-order valence-electron chi connectivity index (χ1n) is 11.9. The molecule has 2 aromatic heterocycles. The van der Waals surface area contributed by atoms with Crippen LogP contribution in [0.15, 0.2) is 18.5 Å². The summed E-state index contributed by atoms with van der Waals surface area (Å²) in [5.74, 6) is 0.739. The average Bonchev–Trinajstić information content (AvgIpc) is 2.82. The predicted octanol–water partition coefficient (Wildman–Crippen LogP) is 3.08. The fourth-order valence-electron chi connectivity index (χ4n) is 3.57. The summed E-state index contributed by atoms with van der Waals surface area (Å²) in [5, 5.41) is 26.3. The molecular formula is C24H33N9O3. The monoisotopic (exact) mass is 495 g/mol. The second kappa shape index (κ2) is 11.6. The average molecular weight is 496 g/mol. The van der Waals surface area contributed by atoms with E-state index in [1.54, 1.807) is 11.0 Å². The van der Waals surface area contributed by atoms with Gasteiger partial charge < -0.3 is 25.6 Å². The summed E-state index contributed by atoms with van der Waals surface area (Å²) in [6.07, 6.45) is 4.10. The molecule has 0 unspecified atom stereocenters. The van der Waals surface area contributed by atoms with Crippen molar-refractivity contribution < 1.29 is 14.3 Å². The van der Waals surface area contributed by atoms with Crippen LogP contribution in [0, 0.1) is 17.2 Å². The second-order valence-corrected chi connectivity index (χ2v) is 9.94. The van der Waals surface area contributed by atoms with Gasteiger partial charge in [-0.2, -0.15) is 5.26 Å². The van der Waals surface area contributed by atoms with Gasteiger partial charge in [0.25, 0.3) is 5.91 Å². The van der Waals surface area contributed by atoms with Gasteiger partial charge in [-0.25, -0.2) is 14.8 Å². The van der Waals surface area contributed by atoms with Gasteiger partial charge in [0.05, 0.1) is 18.1 Å². The molecule has 1 aliphatic rings. The fourth-order valence-corrected chi connectivity index (χ4v) is 3.57. The quantitative estimate of drug-likeness (QED) is 0.521. The number of rotatable bonds is 7. The smallest absolute Gasteiger partial charge is 0.410 e. The minimum absolute atomic E-state index is 0.0592. The number of amides is 2. The summed E-state index contributed by atoms with van der Waals surface area (Å²) in [5.41, 5.74) is 0.395. The van der Waals surface area contributed by atoms with E-state index in [1.165, 1.54) is 12.4 Å². The van der Waals surface area contributed by atoms with Crippen molar-refractivity contribution in [2.45, 2.75) is 59.1 Å². The van der Waals surface area contributed by atoms with E-state index in [2.05, 4.69) is 36.1 Å². The van der Waals surface area contributed by atoms with Gasteiger partial charge in [-0.05, 0) is 53.4 Å². The van der Waals surface area contributed by atoms with Crippen LogP contribution in [-0.2, 0) is 4.74 Å². The summed E-state index contributed by atoms with van der Waals surface area (Å²) < 4.78 is 5.47. The van der Waals surface area contributed by atoms with Crippen LogP contribution in [0.3, 0.4) is 0 Å². The molecule has 2 amide bonds. The molecule has 0 radical (unpaired) electrons. The highest BCUT2D eigenvalue weighted by atomic mass is 16.6. The SMILES string of the molecule is CC(C)NC(=O)c1nnc(Nc2cnc(C#N)cn2)cc1NCC1CCN(C(=O)OC(C)(C)C)CC1. The van der Waals surface area contributed by atoms with Crippen molar-refractivity contribution in [3.8, 4) is 6.07 Å². The minimum atomic E-state index is -0.522. The number of likely N-dealkylation sites (tertiary alicyclic amines) is 1. The Bertz CT molecular complexity index is 1100. The van der Waals surface area contributed by atoms with Crippen molar-refractivity contribution >= 4 is 29.3 Å². The molecule has 1 aliphatic heterocycles. The van der Waals surface area contributed by atoms with Crippen molar-refractivity contribution in [1.82, 2.24) is 30.4 Å². The number of piperidine rings is 1. The molecule has 0 aliphatic carbocycles. The summed E-state index contributed by atoms with van der Waals surface area (Å²) in [6.45, 7) is 11.1. The van der Waals surface area contributed by atoms with Crippen molar-refractivity contribution in [3.63, 3.8) is 0 Å². The second-order valence-electron chi connectivity index (χ2n) is 9.94. The van der Waals surface area contributed by atoms with Gasteiger partial charge in [-0.3, -0.25) is 4.79 Å². The highest BCUT2D eigenvalue weighted by molar-refractivity contribution is 5.98. The van der Waals surface area contributed by atoms with Gasteiger partial charge in [0.2, 0.25) is 0 Å². The number of aromatic nitrogens is 4. The standard InChI is InChI=1S/C24H33N9O3/c1-15(2)29-22(34)21-18(10-19(31-32-21)30-20-14-26-17(11-25)13-28-20)27-12-16-6-8-33(9-7-16)23(35)36-24(3,4)5/h10,13-16H,6-9,12H2,1-5H3,(H,29,34)(H2,27,28,30,31). The van der Waals surface area contributed by atoms with E-state index in [-0.39, 0.29) is 29.4 Å². The number of nitriles is 1. The third kappa shape index (κ3) is 7.76. The van der Waals surface area contributed by atoms with E-state index in [0.717, 1.165) is 12.8 Å². The summed E-state index contributed by atoms with van der Waals surface area (Å²) in [4.78, 5) is 34.9. The molecule has 3 N–H and O–H groups in total. The highest BCUT2D eigenvalue weighted by Crippen LogP contribution is 2.23. The van der Waals surface area contributed by atoms with E-state index in [9.17, 15) is 9.59 Å². The Kier molecular flexibility index (Phi) is 8.58. The van der Waals surface area contributed by atoms with Crippen molar-refractivity contribution in [3.05, 3.63) is 29.8 Å². The largest absolute Gasteiger partial charge is 0.444 e. The Balaban J connectivity index is 1.67. The third-order valence-electron chi connectivity index (χ3n) is 5.30. The first-order valence-corrected chi connectivity index (χ1v) is 11.9. The summed E-state index contributed by atoms with van der Waals surface area (Å²) in [6, 6.07) is 3.55. The van der Waals surface area contributed by atoms with E-state index >= 15 is 0 Å². The predicted molar refractivity (Wildman–Crippen MR) is 134 cm³/mol. The molecule has 0 atom stereocenters. The Morgan fingerprint density at radius 2 is 1.89 bits per heavy atom. The lowest BCUT2D eigenvalue weighted by atomic mass is 9.97. The van der Waals surface area contributed by atoms with Gasteiger partial charge in [-0.1, -0.05) is 0 Å². The first kappa shape index (κ1) is 26.6. The zero-order chi connectivity index (χ0) is 26.3. The Labute approximate surface area is 210 Å². The number of anilines is 3. The molecule has 1 saturated heterocycles. The van der Waals surface area contributed by atoms with E-state index in [1.807, 2.05) is 40.7 Å². The highest BCUT2D eigenvalue weighted by Gasteiger charge is 2.27. The molecule has 12 heteroatoms. The molecular weight excluding hydrogens is 462 g/mol. The van der Waals surface area contributed by atoms with Crippen LogP contribution in [0.2, 0.25) is 0 Å². The Hall–Kier alpha value is -4.01. The van der Waals surface area contributed by atoms with Crippen LogP contribution in [-0.4, -0.2) is 68.3 Å². The zero-order valence-electron chi connectivity index (χ0n) is 21.3. The minimum Gasteiger partial charge on any atom is -0.444 e. The lowest BCUT2D eigenvalue weighted by molar-refractivity contribution is 0.0188. The Morgan fingerprint density at radius 1 is 1.17 bits per heavy atom. The van der Waals surface area contributed by atoms with Crippen molar-refractivity contribution in [1.29, 1.82) is 5.26 Å². The van der Waals surface area contributed by atoms with Crippen LogP contribution in [0.1, 0.15) is 63.6 Å². The third-order valence-corrected chi connectivity index (χ3v) is 5.30. The number of hydrogen-bond acceptors (Lipinski definition) is 10. The first-order chi connectivity index (χ1) is 17.0. The van der Waals surface area contributed by atoms with E-state index in [4.69, 9.17) is 10.00 Å². The molecule has 0 aromatic carbocycles. The molecule has 3 heterocycles. The lowest BCUT2D eigenvalue weighted by Crippen LogP contribution is -2.42. The summed E-state index contributed by atoms with van der Waals surface area (Å²) in [7, 11) is 0. The van der Waals surface area contributed by atoms with Crippen LogP contribution in [0.25, 0.3) is 0 Å². The maximum atomic E-state index is 12.7. The number of nitrogens with zero attached hydrogens (tertiary/aromatic N) is 6. The molecule has 12 nitrogen and oxygen atoms in total. The van der Waals surface area contributed by atoms with Crippen molar-refractivity contribution in [2.75, 3.05) is 30.3 Å². The number of nitrogens with one attached hydrogen (secondary N) is 3. The summed E-state index contributed by atoms with van der Waals surface area (Å²) >= 11 is 0. The number of ether oxygens (including phenoxy) is 1. The molecule has 36 heavy (non-hydrogen) atoms. The van der Waals surface area contributed by atoms with E-state index < -0.39 is 5.60 Å². The molecule has 0 saturated carbocycles. The zero-order valence-corrected chi connectivity index (χ0v) is 21.3. The molecule has 3 rings (SSSR count). The van der Waals surface area contributed by atoms with Gasteiger partial charge in [0.15, 0.2) is 17.2 Å². The molecule has 2 aromatic rings. The fraction of sp³-hybridized carbons (Fsp3) is 0.542. The van der Waals surface area contributed by atoms with Gasteiger partial charge >= 0.3 is 6.09 Å². The van der Waals surface area contributed by atoms with Gasteiger partial charge in [0.1, 0.15) is 17.5 Å². The van der Waals surface area contributed by atoms with Crippen molar-refractivity contribution in [2.24, 2.45) is 5.92 Å². The van der Waals surface area contributed by atoms with Crippen LogP contribution >= 0.6 is 0 Å². The lowest BCUT2D eigenvalue weighted by Gasteiger charge is -2.33. The maximum Gasteiger partial charge on any atom is 0.410 e. The van der Waals surface area contributed by atoms with Crippen LogP contribution in [0.4, 0.5) is 22.1 Å². The normalized spacial score (nSPS) is 14.2. The number of carbonyl (C=O) groups excluding carboxylic acids is 2. The number of hydrogen-bond donors (Lipinski definition) is 3. The van der Waals surface area contributed by atoms with Gasteiger partial charge in [0, 0.05) is 31.7 Å². The maximum absolute atomic E-state index is 12.7. The molecule has 0 bridgehead atoms. The van der Waals surface area contributed by atoms with Crippen LogP contribution < -0.4 is 16.0 Å². The molecule has 0 spiro atoms.